The molecule has 1 amide bonds. The fraction of sp³-hybridized carbons (Fsp3) is 0.263. The summed E-state index contributed by atoms with van der Waals surface area (Å²) < 4.78 is 45.3. The molecular formula is C19H17F2NO6. The fourth-order valence-electron chi connectivity index (χ4n) is 2.44. The zero-order valence-electron chi connectivity index (χ0n) is 14.8. The molecule has 0 saturated carbocycles. The van der Waals surface area contributed by atoms with Crippen molar-refractivity contribution < 1.29 is 37.3 Å². The lowest BCUT2D eigenvalue weighted by Crippen LogP contribution is -2.41. The van der Waals surface area contributed by atoms with E-state index in [9.17, 15) is 18.4 Å². The Hall–Kier alpha value is -3.36. The maximum Gasteiger partial charge on any atom is 0.387 e. The number of hydrogen-bond donors (Lipinski definition) is 1. The first-order valence-electron chi connectivity index (χ1n) is 8.37. The van der Waals surface area contributed by atoms with Crippen LogP contribution in [0.25, 0.3) is 0 Å². The average Bonchev–Trinajstić information content (AvgIpc) is 2.68. The number of anilines is 1. The highest BCUT2D eigenvalue weighted by atomic mass is 19.3. The molecule has 0 bridgehead atoms. The van der Waals surface area contributed by atoms with Crippen molar-refractivity contribution in [1.82, 2.24) is 0 Å². The zero-order valence-corrected chi connectivity index (χ0v) is 14.8. The minimum absolute atomic E-state index is 0.0295. The van der Waals surface area contributed by atoms with Gasteiger partial charge in [-0.2, -0.15) is 8.78 Å². The van der Waals surface area contributed by atoms with Gasteiger partial charge >= 0.3 is 12.6 Å². The lowest BCUT2D eigenvalue weighted by molar-refractivity contribution is -0.162. The highest BCUT2D eigenvalue weighted by molar-refractivity contribution is 5.96. The Bertz CT molecular complexity index is 860. The Balaban J connectivity index is 1.58. The summed E-state index contributed by atoms with van der Waals surface area (Å²) in [6.45, 7) is -1.75. The number of esters is 1. The van der Waals surface area contributed by atoms with Crippen molar-refractivity contribution in [2.45, 2.75) is 25.7 Å². The van der Waals surface area contributed by atoms with Crippen LogP contribution in [0, 0.1) is 0 Å². The normalized spacial score (nSPS) is 16.2. The highest BCUT2D eigenvalue weighted by Crippen LogP contribution is 2.31. The molecule has 1 N–H and O–H groups in total. The number of carbonyl (C=O) groups is 2. The second-order valence-corrected chi connectivity index (χ2v) is 5.81. The highest BCUT2D eigenvalue weighted by Gasteiger charge is 2.31. The van der Waals surface area contributed by atoms with Gasteiger partial charge in [0.05, 0.1) is 5.69 Å². The van der Waals surface area contributed by atoms with Crippen LogP contribution in [0.15, 0.2) is 48.5 Å². The Kier molecular flexibility index (Phi) is 5.93. The SMILES string of the molecule is C[C@@H](OC(=O)[C@H]1COc2ccccc2O1)C(=O)Nc1ccccc1OC(F)F. The second-order valence-electron chi connectivity index (χ2n) is 5.81. The van der Waals surface area contributed by atoms with Crippen molar-refractivity contribution in [2.75, 3.05) is 11.9 Å². The predicted octanol–water partition coefficient (Wildman–Crippen LogP) is 3.00. The van der Waals surface area contributed by atoms with Crippen LogP contribution >= 0.6 is 0 Å². The quantitative estimate of drug-likeness (QED) is 0.760. The second kappa shape index (κ2) is 8.55. The maximum absolute atomic E-state index is 12.4. The number of halogens is 2. The molecule has 7 nitrogen and oxygen atoms in total. The average molecular weight is 393 g/mol. The topological polar surface area (TPSA) is 83.1 Å². The number of carbonyl (C=O) groups excluding carboxylic acids is 2. The first kappa shape index (κ1) is 19.4. The number of alkyl halides is 2. The van der Waals surface area contributed by atoms with E-state index in [4.69, 9.17) is 14.2 Å². The van der Waals surface area contributed by atoms with E-state index in [1.165, 1.54) is 31.2 Å². The van der Waals surface area contributed by atoms with E-state index in [1.54, 1.807) is 24.3 Å². The number of fused-ring (bicyclic) bond motifs is 1. The summed E-state index contributed by atoms with van der Waals surface area (Å²) in [5.41, 5.74) is 0.0295. The smallest absolute Gasteiger partial charge is 0.387 e. The molecule has 3 rings (SSSR count). The lowest BCUT2D eigenvalue weighted by Gasteiger charge is -2.26. The summed E-state index contributed by atoms with van der Waals surface area (Å²) in [6, 6.07) is 12.5. The van der Waals surface area contributed by atoms with E-state index in [0.29, 0.717) is 11.5 Å². The van der Waals surface area contributed by atoms with Gasteiger partial charge in [0.2, 0.25) is 6.10 Å². The van der Waals surface area contributed by atoms with E-state index in [2.05, 4.69) is 10.1 Å². The number of ether oxygens (including phenoxy) is 4. The molecule has 0 spiro atoms. The molecule has 0 fully saturated rings. The van der Waals surface area contributed by atoms with Crippen LogP contribution in [0.2, 0.25) is 0 Å². The van der Waals surface area contributed by atoms with Crippen molar-refractivity contribution in [3.05, 3.63) is 48.5 Å². The molecule has 1 aliphatic rings. The summed E-state index contributed by atoms with van der Waals surface area (Å²) in [4.78, 5) is 24.5. The van der Waals surface area contributed by atoms with Gasteiger partial charge in [-0.3, -0.25) is 4.79 Å². The van der Waals surface area contributed by atoms with Gasteiger partial charge in [-0.1, -0.05) is 24.3 Å². The third-order valence-corrected chi connectivity index (χ3v) is 3.79. The Morgan fingerprint density at radius 3 is 2.54 bits per heavy atom. The monoisotopic (exact) mass is 393 g/mol. The number of hydrogen-bond acceptors (Lipinski definition) is 6. The van der Waals surface area contributed by atoms with Gasteiger partial charge in [-0.05, 0) is 31.2 Å². The lowest BCUT2D eigenvalue weighted by atomic mass is 10.2. The molecule has 0 aromatic heterocycles. The van der Waals surface area contributed by atoms with Crippen molar-refractivity contribution >= 4 is 17.6 Å². The first-order chi connectivity index (χ1) is 13.4. The number of para-hydroxylation sites is 4. The molecule has 28 heavy (non-hydrogen) atoms. The van der Waals surface area contributed by atoms with Crippen LogP contribution in [0.1, 0.15) is 6.92 Å². The van der Waals surface area contributed by atoms with Gasteiger partial charge in [0, 0.05) is 0 Å². The molecule has 0 radical (unpaired) electrons. The zero-order chi connectivity index (χ0) is 20.1. The molecule has 0 saturated heterocycles. The van der Waals surface area contributed by atoms with Gasteiger partial charge in [0.25, 0.3) is 5.91 Å². The Labute approximate surface area is 159 Å². The van der Waals surface area contributed by atoms with Crippen molar-refractivity contribution in [3.8, 4) is 17.2 Å². The number of nitrogens with one attached hydrogen (secondary N) is 1. The first-order valence-corrected chi connectivity index (χ1v) is 8.37. The molecule has 148 valence electrons. The summed E-state index contributed by atoms with van der Waals surface area (Å²) in [6.07, 6.45) is -2.23. The Morgan fingerprint density at radius 2 is 1.79 bits per heavy atom. The summed E-state index contributed by atoms with van der Waals surface area (Å²) >= 11 is 0. The standard InChI is InChI=1S/C19H17F2NO6/c1-11(17(23)22-12-6-2-3-7-13(12)28-19(20)21)26-18(24)16-10-25-14-8-4-5-9-15(14)27-16/h2-9,11,16,19H,10H2,1H3,(H,22,23)/t11-,16-/m1/s1. The van der Waals surface area contributed by atoms with Crippen LogP contribution < -0.4 is 19.5 Å². The molecule has 2 atom stereocenters. The number of amides is 1. The predicted molar refractivity (Wildman–Crippen MR) is 93.6 cm³/mol. The van der Waals surface area contributed by atoms with Gasteiger partial charge < -0.3 is 24.3 Å². The van der Waals surface area contributed by atoms with Crippen LogP contribution in [0.3, 0.4) is 0 Å². The van der Waals surface area contributed by atoms with Crippen LogP contribution in [-0.4, -0.2) is 37.3 Å². The molecule has 0 aliphatic carbocycles. The fourth-order valence-corrected chi connectivity index (χ4v) is 2.44. The minimum Gasteiger partial charge on any atom is -0.485 e. The molecule has 1 heterocycles. The third kappa shape index (κ3) is 4.67. The van der Waals surface area contributed by atoms with Crippen LogP contribution in [0.4, 0.5) is 14.5 Å². The summed E-state index contributed by atoms with van der Waals surface area (Å²) in [5, 5.41) is 2.39. The minimum atomic E-state index is -3.04. The van der Waals surface area contributed by atoms with E-state index < -0.39 is 30.7 Å². The number of rotatable bonds is 6. The molecule has 2 aromatic rings. The molecule has 0 unspecified atom stereocenters. The van der Waals surface area contributed by atoms with E-state index in [0.717, 1.165) is 0 Å². The van der Waals surface area contributed by atoms with Crippen molar-refractivity contribution in [3.63, 3.8) is 0 Å². The van der Waals surface area contributed by atoms with Gasteiger partial charge in [-0.15, -0.1) is 0 Å². The maximum atomic E-state index is 12.4. The summed E-state index contributed by atoms with van der Waals surface area (Å²) in [5.74, 6) is -0.797. The molecular weight excluding hydrogens is 376 g/mol. The van der Waals surface area contributed by atoms with Crippen LogP contribution in [-0.2, 0) is 14.3 Å². The van der Waals surface area contributed by atoms with E-state index in [-0.39, 0.29) is 18.0 Å². The van der Waals surface area contributed by atoms with Gasteiger partial charge in [0.15, 0.2) is 17.6 Å². The summed E-state index contributed by atoms with van der Waals surface area (Å²) in [7, 11) is 0. The molecule has 9 heteroatoms. The van der Waals surface area contributed by atoms with Crippen LogP contribution in [0.5, 0.6) is 17.2 Å². The molecule has 1 aliphatic heterocycles. The van der Waals surface area contributed by atoms with Gasteiger partial charge in [0.1, 0.15) is 12.4 Å². The van der Waals surface area contributed by atoms with Crippen molar-refractivity contribution in [1.29, 1.82) is 0 Å². The Morgan fingerprint density at radius 1 is 1.11 bits per heavy atom. The van der Waals surface area contributed by atoms with E-state index in [1.807, 2.05) is 0 Å². The van der Waals surface area contributed by atoms with Gasteiger partial charge in [-0.25, -0.2) is 4.79 Å². The third-order valence-electron chi connectivity index (χ3n) is 3.79. The van der Waals surface area contributed by atoms with E-state index >= 15 is 0 Å². The largest absolute Gasteiger partial charge is 0.485 e. The van der Waals surface area contributed by atoms with Crippen molar-refractivity contribution in [2.24, 2.45) is 0 Å². The molecule has 2 aromatic carbocycles. The number of benzene rings is 2.